The Kier molecular flexibility index (Phi) is 6.37. The van der Waals surface area contributed by atoms with Crippen molar-refractivity contribution in [2.24, 2.45) is 0 Å². The van der Waals surface area contributed by atoms with Crippen LogP contribution in [0.5, 0.6) is 5.88 Å². The predicted octanol–water partition coefficient (Wildman–Crippen LogP) is 6.86. The highest BCUT2D eigenvalue weighted by Crippen LogP contribution is 2.48. The molecule has 1 amide bonds. The first-order chi connectivity index (χ1) is 17.3. The summed E-state index contributed by atoms with van der Waals surface area (Å²) in [5.74, 6) is 0.0828. The number of halogens is 1. The third-order valence-electron chi connectivity index (χ3n) is 6.19. The van der Waals surface area contributed by atoms with E-state index in [1.165, 1.54) is 6.92 Å². The van der Waals surface area contributed by atoms with Gasteiger partial charge in [-0.15, -0.1) is 0 Å². The maximum atomic E-state index is 12.6. The summed E-state index contributed by atoms with van der Waals surface area (Å²) in [5, 5.41) is 8.36. The lowest BCUT2D eigenvalue weighted by atomic mass is 10.0. The number of benzene rings is 3. The van der Waals surface area contributed by atoms with Crippen LogP contribution in [0.1, 0.15) is 52.9 Å². The van der Waals surface area contributed by atoms with Gasteiger partial charge >= 0.3 is 5.97 Å². The molecule has 182 valence electrons. The van der Waals surface area contributed by atoms with E-state index in [1.54, 1.807) is 28.9 Å². The second-order valence-electron chi connectivity index (χ2n) is 9.18. The smallest absolute Gasteiger partial charge is 0.309 e. The standard InChI is InChI=1S/C29H26ClN3O3/c1-17-7-8-18(2)25(15-17)33-29(36-19(3)34)26(27(32-33)21-9-10-21)20-11-13-24(14-12-20)31-28(35)22-5-4-6-23(30)16-22/h4-8,11-16,21H,9-10H2,1-3H3,(H,31,35). The zero-order chi connectivity index (χ0) is 25.4. The van der Waals surface area contributed by atoms with Gasteiger partial charge in [0.05, 0.1) is 16.9 Å². The fourth-order valence-corrected chi connectivity index (χ4v) is 4.42. The Morgan fingerprint density at radius 1 is 1.03 bits per heavy atom. The first kappa shape index (κ1) is 23.8. The normalized spacial score (nSPS) is 12.9. The van der Waals surface area contributed by atoms with Crippen molar-refractivity contribution in [3.05, 3.63) is 94.1 Å². The van der Waals surface area contributed by atoms with Crippen molar-refractivity contribution >= 4 is 29.2 Å². The largest absolute Gasteiger partial charge is 0.407 e. The molecule has 36 heavy (non-hydrogen) atoms. The summed E-state index contributed by atoms with van der Waals surface area (Å²) < 4.78 is 7.53. The Bertz CT molecular complexity index is 1470. The molecule has 5 rings (SSSR count). The lowest BCUT2D eigenvalue weighted by molar-refractivity contribution is -0.132. The van der Waals surface area contributed by atoms with Gasteiger partial charge in [0.25, 0.3) is 5.91 Å². The van der Waals surface area contributed by atoms with E-state index in [0.717, 1.165) is 46.5 Å². The van der Waals surface area contributed by atoms with Crippen LogP contribution in [-0.2, 0) is 4.79 Å². The highest BCUT2D eigenvalue weighted by Gasteiger charge is 2.34. The van der Waals surface area contributed by atoms with Gasteiger partial charge in [-0.05, 0) is 79.8 Å². The maximum absolute atomic E-state index is 12.6. The summed E-state index contributed by atoms with van der Waals surface area (Å²) in [4.78, 5) is 24.8. The lowest BCUT2D eigenvalue weighted by Gasteiger charge is -2.12. The Hall–Kier alpha value is -3.90. The molecule has 1 fully saturated rings. The van der Waals surface area contributed by atoms with Crippen LogP contribution in [0.2, 0.25) is 5.02 Å². The number of hydrogen-bond donors (Lipinski definition) is 1. The Morgan fingerprint density at radius 2 is 1.78 bits per heavy atom. The molecular formula is C29H26ClN3O3. The number of hydrogen-bond acceptors (Lipinski definition) is 4. The van der Waals surface area contributed by atoms with Crippen LogP contribution in [0.4, 0.5) is 5.69 Å². The number of ether oxygens (including phenoxy) is 1. The number of nitrogens with one attached hydrogen (secondary N) is 1. The van der Waals surface area contributed by atoms with Crippen molar-refractivity contribution in [3.8, 4) is 22.7 Å². The molecule has 1 aliphatic carbocycles. The Morgan fingerprint density at radius 3 is 2.44 bits per heavy atom. The van der Waals surface area contributed by atoms with E-state index in [0.29, 0.717) is 28.1 Å². The molecule has 1 heterocycles. The molecule has 1 aromatic heterocycles. The van der Waals surface area contributed by atoms with Gasteiger partial charge in [-0.1, -0.05) is 41.9 Å². The van der Waals surface area contributed by atoms with Crippen LogP contribution < -0.4 is 10.1 Å². The minimum absolute atomic E-state index is 0.243. The van der Waals surface area contributed by atoms with Gasteiger partial charge in [-0.3, -0.25) is 9.59 Å². The summed E-state index contributed by atoms with van der Waals surface area (Å²) >= 11 is 6.02. The highest BCUT2D eigenvalue weighted by atomic mass is 35.5. The average Bonchev–Trinajstić information content (AvgIpc) is 3.63. The fraction of sp³-hybridized carbons (Fsp3) is 0.207. The van der Waals surface area contributed by atoms with Gasteiger partial charge in [0.15, 0.2) is 0 Å². The highest BCUT2D eigenvalue weighted by molar-refractivity contribution is 6.31. The van der Waals surface area contributed by atoms with Crippen molar-refractivity contribution in [1.29, 1.82) is 0 Å². The molecule has 0 aliphatic heterocycles. The molecular weight excluding hydrogens is 474 g/mol. The van der Waals surface area contributed by atoms with E-state index in [4.69, 9.17) is 21.4 Å². The SMILES string of the molecule is CC(=O)Oc1c(-c2ccc(NC(=O)c3cccc(Cl)c3)cc2)c(C2CC2)nn1-c1cc(C)ccc1C. The molecule has 1 N–H and O–H groups in total. The monoisotopic (exact) mass is 499 g/mol. The van der Waals surface area contributed by atoms with Gasteiger partial charge in [-0.25, -0.2) is 0 Å². The molecule has 6 nitrogen and oxygen atoms in total. The predicted molar refractivity (Wildman–Crippen MR) is 141 cm³/mol. The van der Waals surface area contributed by atoms with Crippen molar-refractivity contribution in [2.75, 3.05) is 5.32 Å². The van der Waals surface area contributed by atoms with Crippen LogP contribution in [0.3, 0.4) is 0 Å². The summed E-state index contributed by atoms with van der Waals surface area (Å²) in [6, 6.07) is 20.4. The van der Waals surface area contributed by atoms with E-state index < -0.39 is 5.97 Å². The third-order valence-corrected chi connectivity index (χ3v) is 6.42. The number of esters is 1. The number of amides is 1. The second kappa shape index (κ2) is 9.63. The van der Waals surface area contributed by atoms with Crippen LogP contribution in [0, 0.1) is 13.8 Å². The van der Waals surface area contributed by atoms with Gasteiger partial charge in [0.2, 0.25) is 5.88 Å². The molecule has 0 spiro atoms. The first-order valence-electron chi connectivity index (χ1n) is 11.9. The van der Waals surface area contributed by atoms with Crippen LogP contribution in [0.15, 0.2) is 66.7 Å². The number of anilines is 1. The zero-order valence-electron chi connectivity index (χ0n) is 20.3. The lowest BCUT2D eigenvalue weighted by Crippen LogP contribution is -2.11. The topological polar surface area (TPSA) is 73.2 Å². The summed E-state index contributed by atoms with van der Waals surface area (Å²) in [7, 11) is 0. The molecule has 0 saturated heterocycles. The number of aromatic nitrogens is 2. The average molecular weight is 500 g/mol. The van der Waals surface area contributed by atoms with Crippen molar-refractivity contribution in [1.82, 2.24) is 9.78 Å². The molecule has 1 saturated carbocycles. The van der Waals surface area contributed by atoms with E-state index in [-0.39, 0.29) is 5.91 Å². The van der Waals surface area contributed by atoms with Gasteiger partial charge < -0.3 is 10.1 Å². The Balaban J connectivity index is 1.54. The number of rotatable bonds is 6. The number of aryl methyl sites for hydroxylation is 2. The molecule has 7 heteroatoms. The number of carbonyl (C=O) groups is 2. The van der Waals surface area contributed by atoms with E-state index in [2.05, 4.69) is 5.32 Å². The van der Waals surface area contributed by atoms with Gasteiger partial charge in [-0.2, -0.15) is 9.78 Å². The summed E-state index contributed by atoms with van der Waals surface area (Å²) in [5.41, 5.74) is 6.72. The quantitative estimate of drug-likeness (QED) is 0.294. The van der Waals surface area contributed by atoms with Crippen LogP contribution in [-0.4, -0.2) is 21.7 Å². The number of carbonyl (C=O) groups excluding carboxylic acids is 2. The minimum atomic E-state index is -0.407. The second-order valence-corrected chi connectivity index (χ2v) is 9.61. The minimum Gasteiger partial charge on any atom is -0.407 e. The summed E-state index contributed by atoms with van der Waals surface area (Å²) in [6.45, 7) is 5.44. The van der Waals surface area contributed by atoms with Gasteiger partial charge in [0, 0.05) is 29.1 Å². The van der Waals surface area contributed by atoms with Crippen LogP contribution in [0.25, 0.3) is 16.8 Å². The molecule has 4 aromatic rings. The molecule has 0 atom stereocenters. The van der Waals surface area contributed by atoms with Gasteiger partial charge in [0.1, 0.15) is 0 Å². The van der Waals surface area contributed by atoms with E-state index >= 15 is 0 Å². The number of nitrogens with zero attached hydrogens (tertiary/aromatic N) is 2. The molecule has 0 radical (unpaired) electrons. The van der Waals surface area contributed by atoms with Crippen molar-refractivity contribution < 1.29 is 14.3 Å². The van der Waals surface area contributed by atoms with E-state index in [9.17, 15) is 9.59 Å². The third kappa shape index (κ3) is 4.90. The summed E-state index contributed by atoms with van der Waals surface area (Å²) in [6.07, 6.45) is 2.09. The van der Waals surface area contributed by atoms with Crippen molar-refractivity contribution in [3.63, 3.8) is 0 Å². The molecule has 3 aromatic carbocycles. The molecule has 0 bridgehead atoms. The Labute approximate surface area is 214 Å². The van der Waals surface area contributed by atoms with E-state index in [1.807, 2.05) is 56.3 Å². The van der Waals surface area contributed by atoms with Crippen LogP contribution >= 0.6 is 11.6 Å². The fourth-order valence-electron chi connectivity index (χ4n) is 4.23. The van der Waals surface area contributed by atoms with Crippen molar-refractivity contribution in [2.45, 2.75) is 39.5 Å². The molecule has 0 unspecified atom stereocenters. The first-order valence-corrected chi connectivity index (χ1v) is 12.2. The maximum Gasteiger partial charge on any atom is 0.309 e. The molecule has 1 aliphatic rings. The zero-order valence-corrected chi connectivity index (χ0v) is 21.1.